The van der Waals surface area contributed by atoms with E-state index in [1.807, 2.05) is 0 Å². The highest BCUT2D eigenvalue weighted by atomic mass is 16.5. The number of rotatable bonds is 1. The van der Waals surface area contributed by atoms with E-state index in [0.717, 1.165) is 13.0 Å². The predicted molar refractivity (Wildman–Crippen MR) is 52.2 cm³/mol. The van der Waals surface area contributed by atoms with E-state index in [0.29, 0.717) is 5.41 Å². The molecule has 1 aliphatic heterocycles. The smallest absolute Gasteiger partial charge is 0.126 e. The fraction of sp³-hybridized carbons (Fsp3) is 0.500. The van der Waals surface area contributed by atoms with Crippen LogP contribution in [0.15, 0.2) is 18.2 Å². The first-order chi connectivity index (χ1) is 6.36. The van der Waals surface area contributed by atoms with Crippen molar-refractivity contribution in [2.45, 2.75) is 31.6 Å². The van der Waals surface area contributed by atoms with Gasteiger partial charge in [0.1, 0.15) is 5.75 Å². The molecule has 1 fully saturated rings. The molecular formula is C12H14O. The van der Waals surface area contributed by atoms with Gasteiger partial charge in [0.15, 0.2) is 0 Å². The number of benzene rings is 1. The molecule has 1 saturated carbocycles. The molecule has 0 saturated heterocycles. The molecule has 0 N–H and O–H groups in total. The van der Waals surface area contributed by atoms with Crippen LogP contribution in [0.3, 0.4) is 0 Å². The van der Waals surface area contributed by atoms with Crippen molar-refractivity contribution in [2.24, 2.45) is 0 Å². The molecule has 13 heavy (non-hydrogen) atoms. The highest BCUT2D eigenvalue weighted by Gasteiger charge is 2.50. The van der Waals surface area contributed by atoms with Gasteiger partial charge in [-0.15, -0.1) is 0 Å². The average Bonchev–Trinajstić information content (AvgIpc) is 2.85. The van der Waals surface area contributed by atoms with Crippen molar-refractivity contribution in [3.8, 4) is 5.75 Å². The Morgan fingerprint density at radius 3 is 2.92 bits per heavy atom. The molecule has 0 radical (unpaired) electrons. The lowest BCUT2D eigenvalue weighted by Crippen LogP contribution is -2.06. The summed E-state index contributed by atoms with van der Waals surface area (Å²) in [5.41, 5.74) is 3.30. The molecule has 1 aromatic rings. The second-order valence-electron chi connectivity index (χ2n) is 4.22. The largest absolute Gasteiger partial charge is 0.492 e. The van der Waals surface area contributed by atoms with E-state index >= 15 is 0 Å². The van der Waals surface area contributed by atoms with Crippen LogP contribution >= 0.6 is 0 Å². The van der Waals surface area contributed by atoms with E-state index < -0.39 is 0 Å². The normalized spacial score (nSPS) is 21.3. The molecule has 1 spiro atoms. The minimum absolute atomic E-state index is 0.445. The Kier molecular flexibility index (Phi) is 1.30. The summed E-state index contributed by atoms with van der Waals surface area (Å²) in [5.74, 6) is 1.20. The topological polar surface area (TPSA) is 9.23 Å². The minimum Gasteiger partial charge on any atom is -0.492 e. The molecule has 1 aromatic carbocycles. The first-order valence-corrected chi connectivity index (χ1v) is 5.11. The zero-order chi connectivity index (χ0) is 8.89. The summed E-state index contributed by atoms with van der Waals surface area (Å²) in [5, 5.41) is 0. The van der Waals surface area contributed by atoms with Gasteiger partial charge in [0.25, 0.3) is 0 Å². The zero-order valence-electron chi connectivity index (χ0n) is 7.97. The molecule has 0 amide bonds. The number of hydrogen-bond acceptors (Lipinski definition) is 1. The lowest BCUT2D eigenvalue weighted by molar-refractivity contribution is 0.321. The van der Waals surface area contributed by atoms with Gasteiger partial charge in [-0.2, -0.15) is 0 Å². The number of ether oxygens (including phenoxy) is 1. The van der Waals surface area contributed by atoms with Crippen LogP contribution in [0.25, 0.3) is 0 Å². The molecule has 1 aliphatic carbocycles. The Labute approximate surface area is 78.7 Å². The minimum atomic E-state index is 0.445. The van der Waals surface area contributed by atoms with Gasteiger partial charge >= 0.3 is 0 Å². The maximum atomic E-state index is 5.80. The van der Waals surface area contributed by atoms with E-state index in [1.165, 1.54) is 29.7 Å². The second kappa shape index (κ2) is 2.28. The Bertz CT molecular complexity index is 350. The Hall–Kier alpha value is -0.980. The van der Waals surface area contributed by atoms with Crippen molar-refractivity contribution in [1.82, 2.24) is 0 Å². The Morgan fingerprint density at radius 1 is 1.38 bits per heavy atom. The van der Waals surface area contributed by atoms with Crippen LogP contribution in [0, 0.1) is 0 Å². The summed E-state index contributed by atoms with van der Waals surface area (Å²) in [6.45, 7) is 3.12. The molecule has 68 valence electrons. The molecule has 0 aromatic heterocycles. The van der Waals surface area contributed by atoms with Crippen molar-refractivity contribution in [2.75, 3.05) is 6.61 Å². The molecule has 1 nitrogen and oxygen atoms in total. The second-order valence-corrected chi connectivity index (χ2v) is 4.22. The summed E-state index contributed by atoms with van der Waals surface area (Å²) >= 11 is 0. The number of para-hydroxylation sites is 1. The van der Waals surface area contributed by atoms with Crippen LogP contribution in [0.1, 0.15) is 30.9 Å². The van der Waals surface area contributed by atoms with E-state index in [4.69, 9.17) is 4.74 Å². The molecule has 3 rings (SSSR count). The van der Waals surface area contributed by atoms with E-state index in [9.17, 15) is 0 Å². The third-order valence-corrected chi connectivity index (χ3v) is 3.40. The Morgan fingerprint density at radius 2 is 2.23 bits per heavy atom. The lowest BCUT2D eigenvalue weighted by atomic mass is 9.96. The average molecular weight is 174 g/mol. The van der Waals surface area contributed by atoms with Crippen molar-refractivity contribution in [3.05, 3.63) is 29.3 Å². The van der Waals surface area contributed by atoms with Gasteiger partial charge in [-0.3, -0.25) is 0 Å². The van der Waals surface area contributed by atoms with Crippen molar-refractivity contribution in [3.63, 3.8) is 0 Å². The molecular weight excluding hydrogens is 160 g/mol. The first kappa shape index (κ1) is 7.43. The fourth-order valence-corrected chi connectivity index (χ4v) is 2.30. The van der Waals surface area contributed by atoms with Crippen molar-refractivity contribution in [1.29, 1.82) is 0 Å². The number of fused-ring (bicyclic) bond motifs is 2. The quantitative estimate of drug-likeness (QED) is 0.636. The summed E-state index contributed by atoms with van der Waals surface area (Å²) in [4.78, 5) is 0. The van der Waals surface area contributed by atoms with E-state index in [-0.39, 0.29) is 0 Å². The van der Waals surface area contributed by atoms with Crippen LogP contribution in [-0.4, -0.2) is 6.61 Å². The first-order valence-electron chi connectivity index (χ1n) is 5.11. The monoisotopic (exact) mass is 174 g/mol. The third-order valence-electron chi connectivity index (χ3n) is 3.40. The van der Waals surface area contributed by atoms with E-state index in [1.54, 1.807) is 0 Å². The molecule has 2 aliphatic rings. The summed E-state index contributed by atoms with van der Waals surface area (Å²) in [7, 11) is 0. The van der Waals surface area contributed by atoms with E-state index in [2.05, 4.69) is 25.1 Å². The highest BCUT2D eigenvalue weighted by molar-refractivity contribution is 5.51. The van der Waals surface area contributed by atoms with Crippen LogP contribution in [0.2, 0.25) is 0 Å². The van der Waals surface area contributed by atoms with Crippen LogP contribution < -0.4 is 4.74 Å². The maximum absolute atomic E-state index is 5.80. The van der Waals surface area contributed by atoms with Gasteiger partial charge in [-0.1, -0.05) is 25.1 Å². The van der Waals surface area contributed by atoms with Crippen molar-refractivity contribution < 1.29 is 4.74 Å². The molecule has 0 bridgehead atoms. The molecule has 1 heteroatoms. The predicted octanol–water partition coefficient (Wildman–Crippen LogP) is 2.67. The van der Waals surface area contributed by atoms with Crippen LogP contribution in [0.5, 0.6) is 5.75 Å². The number of aryl methyl sites for hydroxylation is 1. The SMILES string of the molecule is CCc1cccc2c1OCC21CC1. The van der Waals surface area contributed by atoms with Gasteiger partial charge in [0.2, 0.25) is 0 Å². The van der Waals surface area contributed by atoms with Gasteiger partial charge in [0, 0.05) is 11.0 Å². The van der Waals surface area contributed by atoms with Gasteiger partial charge in [-0.05, 0) is 24.8 Å². The summed E-state index contributed by atoms with van der Waals surface area (Å²) < 4.78 is 5.80. The number of hydrogen-bond donors (Lipinski definition) is 0. The highest BCUT2D eigenvalue weighted by Crippen LogP contribution is 2.56. The van der Waals surface area contributed by atoms with Crippen LogP contribution in [-0.2, 0) is 11.8 Å². The molecule has 0 atom stereocenters. The zero-order valence-corrected chi connectivity index (χ0v) is 7.97. The summed E-state index contributed by atoms with van der Waals surface area (Å²) in [6, 6.07) is 6.60. The maximum Gasteiger partial charge on any atom is 0.126 e. The van der Waals surface area contributed by atoms with Crippen LogP contribution in [0.4, 0.5) is 0 Å². The molecule has 0 unspecified atom stereocenters. The van der Waals surface area contributed by atoms with Gasteiger partial charge in [-0.25, -0.2) is 0 Å². The van der Waals surface area contributed by atoms with Gasteiger partial charge < -0.3 is 4.74 Å². The summed E-state index contributed by atoms with van der Waals surface area (Å²) in [6.07, 6.45) is 3.74. The Balaban J connectivity index is 2.17. The third kappa shape index (κ3) is 0.874. The van der Waals surface area contributed by atoms with Gasteiger partial charge in [0.05, 0.1) is 6.61 Å². The molecule has 1 heterocycles. The lowest BCUT2D eigenvalue weighted by Gasteiger charge is -2.05. The fourth-order valence-electron chi connectivity index (χ4n) is 2.30. The van der Waals surface area contributed by atoms with Crippen molar-refractivity contribution >= 4 is 0 Å². The standard InChI is InChI=1S/C12H14O/c1-2-9-4-3-5-10-11(9)13-8-12(10)6-7-12/h3-5H,2,6-8H2,1H3.